The van der Waals surface area contributed by atoms with Crippen LogP contribution < -0.4 is 4.74 Å². The van der Waals surface area contributed by atoms with Gasteiger partial charge in [0.15, 0.2) is 0 Å². The van der Waals surface area contributed by atoms with Crippen molar-refractivity contribution in [2.75, 3.05) is 26.7 Å². The minimum atomic E-state index is 0.605. The Labute approximate surface area is 114 Å². The number of likely N-dealkylation sites (tertiary alicyclic amines) is 1. The zero-order valence-corrected chi connectivity index (χ0v) is 11.7. The second-order valence-corrected chi connectivity index (χ2v) is 5.21. The van der Waals surface area contributed by atoms with Crippen molar-refractivity contribution in [3.63, 3.8) is 0 Å². The number of hydrogen-bond donors (Lipinski definition) is 0. The van der Waals surface area contributed by atoms with E-state index < -0.39 is 0 Å². The Bertz CT molecular complexity index is 556. The van der Waals surface area contributed by atoms with E-state index in [4.69, 9.17) is 9.72 Å². The normalized spacial score (nSPS) is 18.0. The van der Waals surface area contributed by atoms with E-state index in [-0.39, 0.29) is 0 Å². The minimum absolute atomic E-state index is 0.605. The molecule has 0 spiro atoms. The van der Waals surface area contributed by atoms with Gasteiger partial charge in [0.25, 0.3) is 0 Å². The maximum absolute atomic E-state index is 5.25. The summed E-state index contributed by atoms with van der Waals surface area (Å²) in [4.78, 5) is 7.26. The number of rotatable bonds is 3. The molecule has 2 aromatic rings. The number of fused-ring (bicyclic) bond motifs is 1. The standard InChI is InChI=1S/C15H21N3O/c1-3-17-8-6-12(7-9-17)14-11-18-10-13(19-2)4-5-15(18)16-14/h4-5,10-12H,3,6-9H2,1-2H3. The summed E-state index contributed by atoms with van der Waals surface area (Å²) in [5, 5.41) is 0. The molecule has 1 aliphatic rings. The molecule has 1 fully saturated rings. The van der Waals surface area contributed by atoms with Crippen LogP contribution in [0.4, 0.5) is 0 Å². The van der Waals surface area contributed by atoms with Gasteiger partial charge >= 0.3 is 0 Å². The summed E-state index contributed by atoms with van der Waals surface area (Å²) in [6.45, 7) is 5.78. The molecule has 0 unspecified atom stereocenters. The lowest BCUT2D eigenvalue weighted by Gasteiger charge is -2.30. The monoisotopic (exact) mass is 259 g/mol. The van der Waals surface area contributed by atoms with Crippen molar-refractivity contribution in [2.24, 2.45) is 0 Å². The molecular formula is C15H21N3O. The van der Waals surface area contributed by atoms with Gasteiger partial charge in [0.05, 0.1) is 19.0 Å². The molecule has 4 nitrogen and oxygen atoms in total. The van der Waals surface area contributed by atoms with Gasteiger partial charge in [-0.2, -0.15) is 0 Å². The summed E-state index contributed by atoms with van der Waals surface area (Å²) in [6, 6.07) is 3.98. The highest BCUT2D eigenvalue weighted by Crippen LogP contribution is 2.27. The van der Waals surface area contributed by atoms with E-state index in [0.717, 1.165) is 17.9 Å². The van der Waals surface area contributed by atoms with Crippen molar-refractivity contribution < 1.29 is 4.74 Å². The van der Waals surface area contributed by atoms with Crippen molar-refractivity contribution >= 4 is 5.65 Å². The van der Waals surface area contributed by atoms with Gasteiger partial charge in [0, 0.05) is 12.1 Å². The molecule has 2 aromatic heterocycles. The van der Waals surface area contributed by atoms with Crippen molar-refractivity contribution in [2.45, 2.75) is 25.7 Å². The Morgan fingerprint density at radius 1 is 1.26 bits per heavy atom. The van der Waals surface area contributed by atoms with E-state index in [2.05, 4.69) is 22.4 Å². The first kappa shape index (κ1) is 12.5. The van der Waals surface area contributed by atoms with Crippen molar-refractivity contribution in [3.8, 4) is 5.75 Å². The van der Waals surface area contributed by atoms with Gasteiger partial charge in [-0.05, 0) is 44.6 Å². The maximum atomic E-state index is 5.25. The molecule has 0 N–H and O–H groups in total. The Morgan fingerprint density at radius 2 is 2.05 bits per heavy atom. The van der Waals surface area contributed by atoms with Gasteiger partial charge in [-0.3, -0.25) is 0 Å². The molecule has 1 aliphatic heterocycles. The highest BCUT2D eigenvalue weighted by Gasteiger charge is 2.21. The van der Waals surface area contributed by atoms with Crippen molar-refractivity contribution in [3.05, 3.63) is 30.2 Å². The third kappa shape index (κ3) is 2.45. The number of methoxy groups -OCH3 is 1. The molecule has 0 saturated carbocycles. The lowest BCUT2D eigenvalue weighted by molar-refractivity contribution is 0.221. The van der Waals surface area contributed by atoms with Crippen LogP contribution in [0.3, 0.4) is 0 Å². The first-order valence-electron chi connectivity index (χ1n) is 7.05. The average Bonchev–Trinajstić information content (AvgIpc) is 2.90. The smallest absolute Gasteiger partial charge is 0.137 e. The molecule has 0 aromatic carbocycles. The van der Waals surface area contributed by atoms with Crippen LogP contribution >= 0.6 is 0 Å². The number of aromatic nitrogens is 2. The van der Waals surface area contributed by atoms with Gasteiger partial charge in [0.2, 0.25) is 0 Å². The van der Waals surface area contributed by atoms with Crippen LogP contribution in [0.5, 0.6) is 5.75 Å². The topological polar surface area (TPSA) is 29.8 Å². The fourth-order valence-corrected chi connectivity index (χ4v) is 2.85. The maximum Gasteiger partial charge on any atom is 0.137 e. The lowest BCUT2D eigenvalue weighted by atomic mass is 9.94. The molecule has 1 saturated heterocycles. The molecule has 0 amide bonds. The van der Waals surface area contributed by atoms with Crippen LogP contribution in [-0.4, -0.2) is 41.0 Å². The number of piperidine rings is 1. The van der Waals surface area contributed by atoms with Crippen molar-refractivity contribution in [1.82, 2.24) is 14.3 Å². The second-order valence-electron chi connectivity index (χ2n) is 5.21. The van der Waals surface area contributed by atoms with E-state index >= 15 is 0 Å². The van der Waals surface area contributed by atoms with Crippen LogP contribution in [0.1, 0.15) is 31.4 Å². The predicted molar refractivity (Wildman–Crippen MR) is 75.8 cm³/mol. The Hall–Kier alpha value is -1.55. The van der Waals surface area contributed by atoms with Crippen LogP contribution in [0.15, 0.2) is 24.5 Å². The van der Waals surface area contributed by atoms with E-state index in [0.29, 0.717) is 5.92 Å². The van der Waals surface area contributed by atoms with Gasteiger partial charge < -0.3 is 14.0 Å². The average molecular weight is 259 g/mol. The Kier molecular flexibility index (Phi) is 3.42. The summed E-state index contributed by atoms with van der Waals surface area (Å²) in [7, 11) is 1.69. The van der Waals surface area contributed by atoms with Crippen LogP contribution in [-0.2, 0) is 0 Å². The molecule has 0 atom stereocenters. The highest BCUT2D eigenvalue weighted by molar-refractivity contribution is 5.43. The summed E-state index contributed by atoms with van der Waals surface area (Å²) < 4.78 is 7.32. The fourth-order valence-electron chi connectivity index (χ4n) is 2.85. The minimum Gasteiger partial charge on any atom is -0.495 e. The molecule has 0 radical (unpaired) electrons. The number of pyridine rings is 1. The van der Waals surface area contributed by atoms with Gasteiger partial charge in [-0.25, -0.2) is 4.98 Å². The van der Waals surface area contributed by atoms with Gasteiger partial charge in [-0.1, -0.05) is 6.92 Å². The van der Waals surface area contributed by atoms with E-state index in [9.17, 15) is 0 Å². The number of nitrogens with zero attached hydrogens (tertiary/aromatic N) is 3. The zero-order valence-electron chi connectivity index (χ0n) is 11.7. The molecule has 102 valence electrons. The van der Waals surface area contributed by atoms with Crippen LogP contribution in [0, 0.1) is 0 Å². The molecular weight excluding hydrogens is 238 g/mol. The third-order valence-electron chi connectivity index (χ3n) is 4.13. The molecule has 4 heteroatoms. The van der Waals surface area contributed by atoms with Crippen LogP contribution in [0.2, 0.25) is 0 Å². The fraction of sp³-hybridized carbons (Fsp3) is 0.533. The summed E-state index contributed by atoms with van der Waals surface area (Å²) >= 11 is 0. The van der Waals surface area contributed by atoms with Gasteiger partial charge in [-0.15, -0.1) is 0 Å². The SMILES string of the molecule is CCN1CCC(c2cn3cc(OC)ccc3n2)CC1. The highest BCUT2D eigenvalue weighted by atomic mass is 16.5. The lowest BCUT2D eigenvalue weighted by Crippen LogP contribution is -2.32. The molecule has 0 aliphatic carbocycles. The number of hydrogen-bond acceptors (Lipinski definition) is 3. The van der Waals surface area contributed by atoms with Crippen molar-refractivity contribution in [1.29, 1.82) is 0 Å². The summed E-state index contributed by atoms with van der Waals surface area (Å²) in [5.74, 6) is 1.48. The van der Waals surface area contributed by atoms with E-state index in [1.807, 2.05) is 18.3 Å². The zero-order chi connectivity index (χ0) is 13.2. The summed E-state index contributed by atoms with van der Waals surface area (Å²) in [5.41, 5.74) is 2.23. The summed E-state index contributed by atoms with van der Waals surface area (Å²) in [6.07, 6.45) is 6.58. The largest absolute Gasteiger partial charge is 0.495 e. The van der Waals surface area contributed by atoms with E-state index in [1.165, 1.54) is 31.6 Å². The molecule has 0 bridgehead atoms. The molecule has 3 heterocycles. The predicted octanol–water partition coefficient (Wildman–Crippen LogP) is 2.54. The van der Waals surface area contributed by atoms with E-state index in [1.54, 1.807) is 7.11 Å². The number of imidazole rings is 1. The van der Waals surface area contributed by atoms with Gasteiger partial charge in [0.1, 0.15) is 11.4 Å². The number of ether oxygens (including phenoxy) is 1. The van der Waals surface area contributed by atoms with Crippen LogP contribution in [0.25, 0.3) is 5.65 Å². The molecule has 3 rings (SSSR count). The second kappa shape index (κ2) is 5.21. The third-order valence-corrected chi connectivity index (χ3v) is 4.13. The Morgan fingerprint density at radius 3 is 2.74 bits per heavy atom. The Balaban J connectivity index is 1.81. The quantitative estimate of drug-likeness (QED) is 0.848. The molecule has 19 heavy (non-hydrogen) atoms. The first-order chi connectivity index (χ1) is 9.30. The first-order valence-corrected chi connectivity index (χ1v) is 7.05.